The number of para-hydroxylation sites is 1. The van der Waals surface area contributed by atoms with Gasteiger partial charge in [-0.3, -0.25) is 4.79 Å². The summed E-state index contributed by atoms with van der Waals surface area (Å²) in [5.74, 6) is 1.53. The first kappa shape index (κ1) is 18.9. The minimum Gasteiger partial charge on any atom is -0.337 e. The number of benzene rings is 1. The minimum absolute atomic E-state index is 0.0337. The SMILES string of the molecule is CCN(c1ccccc1)c1cc(C(=O)N2CCN(c3ncccn3)CC2)ccn1. The zero-order valence-corrected chi connectivity index (χ0v) is 16.5. The quantitative estimate of drug-likeness (QED) is 0.670. The number of carbonyl (C=O) groups excluding carboxylic acids is 1. The van der Waals surface area contributed by atoms with Crippen LogP contribution in [0.5, 0.6) is 0 Å². The van der Waals surface area contributed by atoms with Crippen LogP contribution in [0.4, 0.5) is 17.5 Å². The summed E-state index contributed by atoms with van der Waals surface area (Å²) < 4.78 is 0. The maximum Gasteiger partial charge on any atom is 0.254 e. The fourth-order valence-electron chi connectivity index (χ4n) is 3.53. The monoisotopic (exact) mass is 388 g/mol. The summed E-state index contributed by atoms with van der Waals surface area (Å²) in [6.45, 7) is 5.58. The van der Waals surface area contributed by atoms with Gasteiger partial charge in [0.25, 0.3) is 5.91 Å². The molecule has 1 amide bonds. The molecule has 1 aliphatic rings. The van der Waals surface area contributed by atoms with Crippen molar-refractivity contribution >= 4 is 23.4 Å². The molecular formula is C22H24N6O. The average Bonchev–Trinajstić information content (AvgIpc) is 2.81. The molecule has 3 heterocycles. The molecule has 1 aromatic carbocycles. The molecule has 7 heteroatoms. The van der Waals surface area contributed by atoms with E-state index >= 15 is 0 Å². The number of rotatable bonds is 5. The van der Waals surface area contributed by atoms with Gasteiger partial charge in [0.05, 0.1) is 0 Å². The first-order chi connectivity index (χ1) is 14.3. The van der Waals surface area contributed by atoms with Crippen LogP contribution in [0.15, 0.2) is 67.1 Å². The second-order valence-corrected chi connectivity index (χ2v) is 6.81. The predicted molar refractivity (Wildman–Crippen MR) is 114 cm³/mol. The summed E-state index contributed by atoms with van der Waals surface area (Å²) in [5.41, 5.74) is 1.72. The van der Waals surface area contributed by atoms with Crippen molar-refractivity contribution in [2.24, 2.45) is 0 Å². The molecule has 2 aromatic heterocycles. The van der Waals surface area contributed by atoms with Gasteiger partial charge in [0.1, 0.15) is 5.82 Å². The van der Waals surface area contributed by atoms with Crippen molar-refractivity contribution in [3.8, 4) is 0 Å². The Balaban J connectivity index is 1.46. The molecule has 0 radical (unpaired) electrons. The standard InChI is InChI=1S/C22H24N6O/c1-2-28(19-7-4-3-5-8-19)20-17-18(9-12-23-20)21(29)26-13-15-27(16-14-26)22-24-10-6-11-25-22/h3-12,17H,2,13-16H2,1H3. The van der Waals surface area contributed by atoms with E-state index in [1.807, 2.05) is 41.3 Å². The molecule has 29 heavy (non-hydrogen) atoms. The summed E-state index contributed by atoms with van der Waals surface area (Å²) in [7, 11) is 0. The summed E-state index contributed by atoms with van der Waals surface area (Å²) in [4.78, 5) is 32.3. The van der Waals surface area contributed by atoms with Gasteiger partial charge in [0, 0.05) is 62.6 Å². The zero-order valence-electron chi connectivity index (χ0n) is 16.5. The van der Waals surface area contributed by atoms with E-state index < -0.39 is 0 Å². The van der Waals surface area contributed by atoms with Crippen LogP contribution in [0.25, 0.3) is 0 Å². The predicted octanol–water partition coefficient (Wildman–Crippen LogP) is 2.99. The lowest BCUT2D eigenvalue weighted by molar-refractivity contribution is 0.0746. The molecule has 0 spiro atoms. The highest BCUT2D eigenvalue weighted by Crippen LogP contribution is 2.24. The fourth-order valence-corrected chi connectivity index (χ4v) is 3.53. The van der Waals surface area contributed by atoms with Crippen LogP contribution in [-0.4, -0.2) is 58.5 Å². The molecule has 3 aromatic rings. The Labute approximate surface area is 170 Å². The molecule has 1 fully saturated rings. The molecular weight excluding hydrogens is 364 g/mol. The van der Waals surface area contributed by atoms with Crippen molar-refractivity contribution in [3.63, 3.8) is 0 Å². The molecule has 1 saturated heterocycles. The molecule has 1 aliphatic heterocycles. The topological polar surface area (TPSA) is 65.5 Å². The van der Waals surface area contributed by atoms with E-state index in [2.05, 4.69) is 31.7 Å². The summed E-state index contributed by atoms with van der Waals surface area (Å²) in [6.07, 6.45) is 5.19. The third-order valence-corrected chi connectivity index (χ3v) is 5.05. The van der Waals surface area contributed by atoms with Crippen LogP contribution in [0.1, 0.15) is 17.3 Å². The van der Waals surface area contributed by atoms with Gasteiger partial charge in [-0.15, -0.1) is 0 Å². The molecule has 4 rings (SSSR count). The molecule has 0 N–H and O–H groups in total. The second kappa shape index (κ2) is 8.68. The number of amides is 1. The van der Waals surface area contributed by atoms with Crippen molar-refractivity contribution in [2.45, 2.75) is 6.92 Å². The van der Waals surface area contributed by atoms with Gasteiger partial charge in [-0.05, 0) is 37.3 Å². The summed E-state index contributed by atoms with van der Waals surface area (Å²) >= 11 is 0. The third-order valence-electron chi connectivity index (χ3n) is 5.05. The zero-order chi connectivity index (χ0) is 20.1. The fraction of sp³-hybridized carbons (Fsp3) is 0.273. The molecule has 0 atom stereocenters. The molecule has 0 aliphatic carbocycles. The number of carbonyl (C=O) groups is 1. The van der Waals surface area contributed by atoms with Gasteiger partial charge >= 0.3 is 0 Å². The molecule has 148 valence electrons. The number of pyridine rings is 1. The number of piperazine rings is 1. The third kappa shape index (κ3) is 4.18. The Morgan fingerprint density at radius 2 is 1.66 bits per heavy atom. The van der Waals surface area contributed by atoms with Crippen LogP contribution < -0.4 is 9.80 Å². The van der Waals surface area contributed by atoms with E-state index in [0.717, 1.165) is 31.1 Å². The maximum absolute atomic E-state index is 13.1. The van der Waals surface area contributed by atoms with E-state index in [4.69, 9.17) is 0 Å². The van der Waals surface area contributed by atoms with Gasteiger partial charge in [-0.2, -0.15) is 0 Å². The van der Waals surface area contributed by atoms with Crippen molar-refractivity contribution in [3.05, 3.63) is 72.7 Å². The smallest absolute Gasteiger partial charge is 0.254 e. The van der Waals surface area contributed by atoms with Crippen LogP contribution in [0.2, 0.25) is 0 Å². The first-order valence-electron chi connectivity index (χ1n) is 9.86. The highest BCUT2D eigenvalue weighted by atomic mass is 16.2. The highest BCUT2D eigenvalue weighted by molar-refractivity contribution is 5.95. The molecule has 0 unspecified atom stereocenters. The van der Waals surface area contributed by atoms with Crippen LogP contribution in [-0.2, 0) is 0 Å². The lowest BCUT2D eigenvalue weighted by atomic mass is 10.2. The van der Waals surface area contributed by atoms with Crippen molar-refractivity contribution < 1.29 is 4.79 Å². The summed E-state index contributed by atoms with van der Waals surface area (Å²) in [5, 5.41) is 0. The Morgan fingerprint density at radius 3 is 2.34 bits per heavy atom. The number of hydrogen-bond donors (Lipinski definition) is 0. The minimum atomic E-state index is 0.0337. The van der Waals surface area contributed by atoms with Crippen molar-refractivity contribution in [1.29, 1.82) is 0 Å². The number of nitrogens with zero attached hydrogens (tertiary/aromatic N) is 6. The maximum atomic E-state index is 13.1. The van der Waals surface area contributed by atoms with Crippen LogP contribution in [0, 0.1) is 0 Å². The molecule has 0 saturated carbocycles. The Bertz CT molecular complexity index is 942. The largest absolute Gasteiger partial charge is 0.337 e. The number of aromatic nitrogens is 3. The summed E-state index contributed by atoms with van der Waals surface area (Å²) in [6, 6.07) is 15.6. The Morgan fingerprint density at radius 1 is 0.931 bits per heavy atom. The normalized spacial score (nSPS) is 14.0. The van der Waals surface area contributed by atoms with E-state index in [9.17, 15) is 4.79 Å². The van der Waals surface area contributed by atoms with Gasteiger partial charge < -0.3 is 14.7 Å². The molecule has 7 nitrogen and oxygen atoms in total. The van der Waals surface area contributed by atoms with Crippen LogP contribution >= 0.6 is 0 Å². The average molecular weight is 388 g/mol. The Kier molecular flexibility index (Phi) is 5.65. The van der Waals surface area contributed by atoms with E-state index in [1.165, 1.54) is 0 Å². The first-order valence-corrected chi connectivity index (χ1v) is 9.86. The lowest BCUT2D eigenvalue weighted by Crippen LogP contribution is -2.49. The number of hydrogen-bond acceptors (Lipinski definition) is 6. The van der Waals surface area contributed by atoms with Gasteiger partial charge in [-0.25, -0.2) is 15.0 Å². The van der Waals surface area contributed by atoms with Crippen LogP contribution in [0.3, 0.4) is 0 Å². The van der Waals surface area contributed by atoms with E-state index in [0.29, 0.717) is 24.6 Å². The molecule has 0 bridgehead atoms. The van der Waals surface area contributed by atoms with E-state index in [1.54, 1.807) is 30.7 Å². The van der Waals surface area contributed by atoms with Crippen molar-refractivity contribution in [2.75, 3.05) is 42.5 Å². The Hall–Kier alpha value is -3.48. The van der Waals surface area contributed by atoms with Crippen molar-refractivity contribution in [1.82, 2.24) is 19.9 Å². The second-order valence-electron chi connectivity index (χ2n) is 6.81. The lowest BCUT2D eigenvalue weighted by Gasteiger charge is -2.34. The van der Waals surface area contributed by atoms with E-state index in [-0.39, 0.29) is 5.91 Å². The highest BCUT2D eigenvalue weighted by Gasteiger charge is 2.24. The van der Waals surface area contributed by atoms with Gasteiger partial charge in [0.15, 0.2) is 0 Å². The van der Waals surface area contributed by atoms with Gasteiger partial charge in [0.2, 0.25) is 5.95 Å². The number of anilines is 3. The van der Waals surface area contributed by atoms with Gasteiger partial charge in [-0.1, -0.05) is 18.2 Å².